The van der Waals surface area contributed by atoms with Crippen molar-refractivity contribution in [3.8, 4) is 12.1 Å². The number of carbonyl (C=O) groups is 4. The fraction of sp³-hybridized carbons (Fsp3) is 0.500. The van der Waals surface area contributed by atoms with Crippen LogP contribution < -0.4 is 0 Å². The number of nitrogens with zero attached hydrogens (tertiary/aromatic N) is 2. The highest BCUT2D eigenvalue weighted by atomic mass is 16.8. The van der Waals surface area contributed by atoms with Crippen molar-refractivity contribution < 1.29 is 48.3 Å². The van der Waals surface area contributed by atoms with Crippen molar-refractivity contribution in [3.05, 3.63) is 46.0 Å². The minimum absolute atomic E-state index is 0.165. The van der Waals surface area contributed by atoms with Crippen LogP contribution in [0.2, 0.25) is 0 Å². The average molecular weight is 555 g/mol. The lowest BCUT2D eigenvalue weighted by Crippen LogP contribution is -2.56. The van der Waals surface area contributed by atoms with Gasteiger partial charge in [-0.3, -0.25) is 0 Å². The lowest BCUT2D eigenvalue weighted by atomic mass is 9.87. The minimum Gasteiger partial charge on any atom is -0.511 e. The van der Waals surface area contributed by atoms with E-state index >= 15 is 0 Å². The standard InChI is InChI=1S/C28H30N2O10/c1-3-5-7-21(31)17(15-29)13-19-23(33)37-27(38-24(19)34)9-11-28(12-10-27)39-25(35)20(26(36)40-28)14-18(16-30)22(32)8-6-4-2/h13-14,31-32H,3-12H2,1-2H3. The molecule has 0 aromatic carbocycles. The van der Waals surface area contributed by atoms with E-state index < -0.39 is 46.6 Å². The smallest absolute Gasteiger partial charge is 0.348 e. The molecule has 0 radical (unpaired) electrons. The summed E-state index contributed by atoms with van der Waals surface area (Å²) in [6.45, 7) is 3.80. The fourth-order valence-corrected chi connectivity index (χ4v) is 4.37. The van der Waals surface area contributed by atoms with Crippen LogP contribution in [0.3, 0.4) is 0 Å². The van der Waals surface area contributed by atoms with Gasteiger partial charge in [0.1, 0.15) is 34.8 Å². The first-order valence-electron chi connectivity index (χ1n) is 13.0. The Kier molecular flexibility index (Phi) is 9.38. The molecule has 1 saturated carbocycles. The van der Waals surface area contributed by atoms with Gasteiger partial charge in [0.25, 0.3) is 11.6 Å². The summed E-state index contributed by atoms with van der Waals surface area (Å²) >= 11 is 0. The highest BCUT2D eigenvalue weighted by Crippen LogP contribution is 2.45. The summed E-state index contributed by atoms with van der Waals surface area (Å²) in [6.07, 6.45) is 4.31. The molecule has 2 saturated heterocycles. The number of hydrogen-bond acceptors (Lipinski definition) is 12. The average Bonchev–Trinajstić information content (AvgIpc) is 2.92. The molecule has 0 unspecified atom stereocenters. The number of allylic oxidation sites excluding steroid dienone is 6. The van der Waals surface area contributed by atoms with Gasteiger partial charge in [0.05, 0.1) is 11.1 Å². The molecule has 0 aromatic rings. The molecule has 3 rings (SSSR count). The van der Waals surface area contributed by atoms with Crippen molar-refractivity contribution in [2.75, 3.05) is 0 Å². The van der Waals surface area contributed by atoms with Crippen molar-refractivity contribution >= 4 is 23.9 Å². The number of nitriles is 2. The van der Waals surface area contributed by atoms with Crippen LogP contribution >= 0.6 is 0 Å². The van der Waals surface area contributed by atoms with Gasteiger partial charge in [-0.05, 0) is 25.0 Å². The third-order valence-corrected chi connectivity index (χ3v) is 6.74. The fourth-order valence-electron chi connectivity index (χ4n) is 4.37. The number of hydrogen-bond donors (Lipinski definition) is 2. The Bertz CT molecular complexity index is 1150. The SMILES string of the molecule is CCCCC(O)=C(C#N)C=C1C(=O)OC2(CCC3(CC2)OC(=O)C(=CC(C#N)=C(O)CCCC)C(=O)O3)OC1=O. The predicted molar refractivity (Wildman–Crippen MR) is 134 cm³/mol. The summed E-state index contributed by atoms with van der Waals surface area (Å²) in [5, 5.41) is 38.9. The van der Waals surface area contributed by atoms with E-state index in [0.29, 0.717) is 12.8 Å². The molecule has 0 bridgehead atoms. The topological polar surface area (TPSA) is 193 Å². The molecule has 212 valence electrons. The third kappa shape index (κ3) is 6.52. The van der Waals surface area contributed by atoms with Crippen LogP contribution in [-0.2, 0) is 38.1 Å². The van der Waals surface area contributed by atoms with E-state index in [4.69, 9.17) is 18.9 Å². The van der Waals surface area contributed by atoms with Crippen LogP contribution in [0.1, 0.15) is 78.1 Å². The van der Waals surface area contributed by atoms with Gasteiger partial charge in [-0.2, -0.15) is 10.5 Å². The molecule has 3 fully saturated rings. The molecule has 12 nitrogen and oxygen atoms in total. The number of unbranched alkanes of at least 4 members (excludes halogenated alkanes) is 2. The summed E-state index contributed by atoms with van der Waals surface area (Å²) in [6, 6.07) is 3.51. The van der Waals surface area contributed by atoms with E-state index in [1.807, 2.05) is 13.8 Å². The Hall–Kier alpha value is -4.58. The molecular formula is C28H30N2O10. The quantitative estimate of drug-likeness (QED) is 0.144. The van der Waals surface area contributed by atoms with Crippen LogP contribution in [0.25, 0.3) is 0 Å². The summed E-state index contributed by atoms with van der Waals surface area (Å²) in [7, 11) is 0. The molecule has 3 aliphatic rings. The first-order valence-corrected chi connectivity index (χ1v) is 13.0. The van der Waals surface area contributed by atoms with Crippen LogP contribution in [0.15, 0.2) is 46.0 Å². The molecule has 2 aliphatic heterocycles. The highest BCUT2D eigenvalue weighted by Gasteiger charge is 2.57. The maximum atomic E-state index is 12.7. The first-order chi connectivity index (χ1) is 19.0. The molecular weight excluding hydrogens is 524 g/mol. The monoisotopic (exact) mass is 554 g/mol. The predicted octanol–water partition coefficient (Wildman–Crippen LogP) is 4.06. The zero-order valence-electron chi connectivity index (χ0n) is 22.3. The Morgan fingerprint density at radius 1 is 0.700 bits per heavy atom. The summed E-state index contributed by atoms with van der Waals surface area (Å²) in [4.78, 5) is 50.8. The number of rotatable bonds is 8. The first kappa shape index (κ1) is 30.0. The summed E-state index contributed by atoms with van der Waals surface area (Å²) in [5.74, 6) is -8.13. The molecule has 40 heavy (non-hydrogen) atoms. The Balaban J connectivity index is 1.72. The minimum atomic E-state index is -1.70. The Morgan fingerprint density at radius 3 is 1.25 bits per heavy atom. The largest absolute Gasteiger partial charge is 0.511 e. The number of carbonyl (C=O) groups excluding carboxylic acids is 4. The molecule has 12 heteroatoms. The molecule has 0 amide bonds. The maximum Gasteiger partial charge on any atom is 0.348 e. The Morgan fingerprint density at radius 2 is 1.00 bits per heavy atom. The second kappa shape index (κ2) is 12.5. The molecule has 2 heterocycles. The van der Waals surface area contributed by atoms with Gasteiger partial charge in [0.2, 0.25) is 0 Å². The van der Waals surface area contributed by atoms with E-state index in [1.165, 1.54) is 0 Å². The molecule has 1 aliphatic carbocycles. The molecule has 2 spiro atoms. The maximum absolute atomic E-state index is 12.7. The van der Waals surface area contributed by atoms with Crippen molar-refractivity contribution in [1.29, 1.82) is 10.5 Å². The summed E-state index contributed by atoms with van der Waals surface area (Å²) < 4.78 is 21.6. The zero-order chi connectivity index (χ0) is 29.5. The van der Waals surface area contributed by atoms with Gasteiger partial charge >= 0.3 is 23.9 Å². The lowest BCUT2D eigenvalue weighted by Gasteiger charge is -2.46. The molecule has 0 aromatic heterocycles. The van der Waals surface area contributed by atoms with Gasteiger partial charge < -0.3 is 29.2 Å². The zero-order valence-corrected chi connectivity index (χ0v) is 22.3. The van der Waals surface area contributed by atoms with E-state index in [9.17, 15) is 39.9 Å². The van der Waals surface area contributed by atoms with Crippen molar-refractivity contribution in [3.63, 3.8) is 0 Å². The highest BCUT2D eigenvalue weighted by molar-refractivity contribution is 6.16. The van der Waals surface area contributed by atoms with Crippen molar-refractivity contribution in [2.24, 2.45) is 0 Å². The van der Waals surface area contributed by atoms with Gasteiger partial charge in [0.15, 0.2) is 0 Å². The number of ether oxygens (including phenoxy) is 4. The second-order valence-corrected chi connectivity index (χ2v) is 9.65. The van der Waals surface area contributed by atoms with E-state index in [1.54, 1.807) is 12.1 Å². The Labute approximate surface area is 230 Å². The van der Waals surface area contributed by atoms with Gasteiger partial charge in [-0.15, -0.1) is 0 Å². The van der Waals surface area contributed by atoms with Crippen LogP contribution in [0, 0.1) is 22.7 Å². The van der Waals surface area contributed by atoms with Crippen LogP contribution in [0.5, 0.6) is 0 Å². The van der Waals surface area contributed by atoms with Crippen molar-refractivity contribution in [2.45, 2.75) is 89.6 Å². The second-order valence-electron chi connectivity index (χ2n) is 9.65. The normalized spacial score (nSPS) is 25.5. The third-order valence-electron chi connectivity index (χ3n) is 6.74. The van der Waals surface area contributed by atoms with E-state index in [2.05, 4.69) is 0 Å². The van der Waals surface area contributed by atoms with Gasteiger partial charge in [-0.25, -0.2) is 19.2 Å². The molecule has 2 N–H and O–H groups in total. The lowest BCUT2D eigenvalue weighted by molar-refractivity contribution is -0.291. The van der Waals surface area contributed by atoms with E-state index in [0.717, 1.165) is 25.0 Å². The summed E-state index contributed by atoms with van der Waals surface area (Å²) in [5.41, 5.74) is -1.62. The molecule has 0 atom stereocenters. The number of aliphatic hydroxyl groups excluding tert-OH is 2. The van der Waals surface area contributed by atoms with Crippen molar-refractivity contribution in [1.82, 2.24) is 0 Å². The van der Waals surface area contributed by atoms with Crippen LogP contribution in [0.4, 0.5) is 0 Å². The van der Waals surface area contributed by atoms with Crippen LogP contribution in [-0.4, -0.2) is 45.7 Å². The number of esters is 4. The van der Waals surface area contributed by atoms with Gasteiger partial charge in [-0.1, -0.05) is 26.7 Å². The van der Waals surface area contributed by atoms with Gasteiger partial charge in [0, 0.05) is 38.5 Å². The van der Waals surface area contributed by atoms with E-state index in [-0.39, 0.29) is 61.2 Å². The number of aliphatic hydroxyl groups is 2.